The molecule has 1 aromatic rings. The standard InChI is InChI=1S/C13H17NO3/c1-3-11(16)12(9(2)15)14-13(17)10-7-5-4-6-8-10/h4-9,12,15H,3H2,1-2H3,(H,14,17)/t9-,12+/m0/s1. The van der Waals surface area contributed by atoms with Crippen molar-refractivity contribution in [3.63, 3.8) is 0 Å². The van der Waals surface area contributed by atoms with Crippen LogP contribution in [0.15, 0.2) is 30.3 Å². The minimum atomic E-state index is -0.893. The minimum Gasteiger partial charge on any atom is -0.391 e. The van der Waals surface area contributed by atoms with E-state index in [1.54, 1.807) is 37.3 Å². The third-order valence-corrected chi connectivity index (χ3v) is 2.50. The zero-order valence-electron chi connectivity index (χ0n) is 10.0. The number of hydrogen-bond donors (Lipinski definition) is 2. The van der Waals surface area contributed by atoms with Gasteiger partial charge < -0.3 is 10.4 Å². The second-order valence-corrected chi connectivity index (χ2v) is 3.88. The van der Waals surface area contributed by atoms with Gasteiger partial charge in [0.25, 0.3) is 5.91 Å². The van der Waals surface area contributed by atoms with E-state index >= 15 is 0 Å². The Labute approximate surface area is 101 Å². The monoisotopic (exact) mass is 235 g/mol. The van der Waals surface area contributed by atoms with Crippen LogP contribution >= 0.6 is 0 Å². The summed E-state index contributed by atoms with van der Waals surface area (Å²) in [4.78, 5) is 23.4. The number of hydrogen-bond acceptors (Lipinski definition) is 3. The fraction of sp³-hybridized carbons (Fsp3) is 0.385. The van der Waals surface area contributed by atoms with Crippen LogP contribution in [-0.4, -0.2) is 28.9 Å². The molecule has 0 saturated carbocycles. The third-order valence-electron chi connectivity index (χ3n) is 2.50. The Kier molecular flexibility index (Phi) is 4.84. The summed E-state index contributed by atoms with van der Waals surface area (Å²) in [5, 5.41) is 12.0. The van der Waals surface area contributed by atoms with Gasteiger partial charge in [0.15, 0.2) is 5.78 Å². The molecule has 92 valence electrons. The Bertz CT molecular complexity index is 387. The molecule has 0 aromatic heterocycles. The van der Waals surface area contributed by atoms with Crippen molar-refractivity contribution < 1.29 is 14.7 Å². The average Bonchev–Trinajstić information content (AvgIpc) is 2.35. The minimum absolute atomic E-state index is 0.177. The number of nitrogens with one attached hydrogen (secondary N) is 1. The van der Waals surface area contributed by atoms with E-state index in [1.807, 2.05) is 0 Å². The van der Waals surface area contributed by atoms with E-state index in [2.05, 4.69) is 5.32 Å². The quantitative estimate of drug-likeness (QED) is 0.804. The maximum absolute atomic E-state index is 11.8. The third kappa shape index (κ3) is 3.67. The molecule has 4 nitrogen and oxygen atoms in total. The van der Waals surface area contributed by atoms with Crippen LogP contribution in [0.5, 0.6) is 0 Å². The first-order valence-electron chi connectivity index (χ1n) is 5.63. The summed E-state index contributed by atoms with van der Waals surface area (Å²) in [6, 6.07) is 7.77. The molecular formula is C13H17NO3. The molecule has 0 heterocycles. The Morgan fingerprint density at radius 3 is 2.35 bits per heavy atom. The number of carbonyl (C=O) groups is 2. The molecular weight excluding hydrogens is 218 g/mol. The number of rotatable bonds is 5. The smallest absolute Gasteiger partial charge is 0.251 e. The molecule has 0 unspecified atom stereocenters. The molecule has 2 N–H and O–H groups in total. The van der Waals surface area contributed by atoms with Gasteiger partial charge in [0.05, 0.1) is 6.10 Å². The SMILES string of the molecule is CCC(=O)[C@H](NC(=O)c1ccccc1)[C@H](C)O. The van der Waals surface area contributed by atoms with E-state index in [1.165, 1.54) is 6.92 Å². The van der Waals surface area contributed by atoms with Gasteiger partial charge in [-0.3, -0.25) is 9.59 Å². The second-order valence-electron chi connectivity index (χ2n) is 3.88. The molecule has 0 aliphatic carbocycles. The van der Waals surface area contributed by atoms with Gasteiger partial charge in [-0.2, -0.15) is 0 Å². The summed E-state index contributed by atoms with van der Waals surface area (Å²) in [5.41, 5.74) is 0.474. The van der Waals surface area contributed by atoms with E-state index in [4.69, 9.17) is 0 Å². The number of Topliss-reactive ketones (excluding diaryl/α,β-unsaturated/α-hetero) is 1. The van der Waals surface area contributed by atoms with Crippen LogP contribution in [0.2, 0.25) is 0 Å². The molecule has 0 aliphatic heterocycles. The van der Waals surface area contributed by atoms with Crippen molar-refractivity contribution in [3.8, 4) is 0 Å². The van der Waals surface area contributed by atoms with Crippen molar-refractivity contribution in [1.29, 1.82) is 0 Å². The zero-order valence-corrected chi connectivity index (χ0v) is 10.0. The van der Waals surface area contributed by atoms with Gasteiger partial charge in [-0.1, -0.05) is 25.1 Å². The van der Waals surface area contributed by atoms with E-state index in [0.717, 1.165) is 0 Å². The van der Waals surface area contributed by atoms with Crippen molar-refractivity contribution in [1.82, 2.24) is 5.32 Å². The number of ketones is 1. The molecule has 0 saturated heterocycles. The predicted molar refractivity (Wildman–Crippen MR) is 64.7 cm³/mol. The molecule has 4 heteroatoms. The molecule has 0 bridgehead atoms. The molecule has 2 atom stereocenters. The summed E-state index contributed by atoms with van der Waals surface area (Å²) in [6.45, 7) is 3.19. The lowest BCUT2D eigenvalue weighted by Gasteiger charge is -2.19. The molecule has 0 aliphatic rings. The van der Waals surface area contributed by atoms with Gasteiger partial charge in [-0.25, -0.2) is 0 Å². The lowest BCUT2D eigenvalue weighted by Crippen LogP contribution is -2.47. The van der Waals surface area contributed by atoms with Crippen LogP contribution in [0, 0.1) is 0 Å². The fourth-order valence-corrected chi connectivity index (χ4v) is 1.50. The average molecular weight is 235 g/mol. The predicted octanol–water partition coefficient (Wildman–Crippen LogP) is 1.14. The van der Waals surface area contributed by atoms with Gasteiger partial charge in [-0.05, 0) is 19.1 Å². The van der Waals surface area contributed by atoms with Crippen molar-refractivity contribution in [3.05, 3.63) is 35.9 Å². The van der Waals surface area contributed by atoms with Crippen LogP contribution in [0.1, 0.15) is 30.6 Å². The summed E-state index contributed by atoms with van der Waals surface area (Å²) in [5.74, 6) is -0.525. The first-order chi connectivity index (χ1) is 8.06. The zero-order chi connectivity index (χ0) is 12.8. The fourth-order valence-electron chi connectivity index (χ4n) is 1.50. The summed E-state index contributed by atoms with van der Waals surface area (Å²) >= 11 is 0. The Hall–Kier alpha value is -1.68. The van der Waals surface area contributed by atoms with Crippen molar-refractivity contribution in [2.24, 2.45) is 0 Å². The van der Waals surface area contributed by atoms with E-state index in [-0.39, 0.29) is 18.1 Å². The Morgan fingerprint density at radius 1 is 1.29 bits per heavy atom. The van der Waals surface area contributed by atoms with Gasteiger partial charge in [-0.15, -0.1) is 0 Å². The molecule has 0 radical (unpaired) electrons. The topological polar surface area (TPSA) is 66.4 Å². The molecule has 17 heavy (non-hydrogen) atoms. The van der Waals surface area contributed by atoms with Crippen LogP contribution in [0.3, 0.4) is 0 Å². The van der Waals surface area contributed by atoms with Gasteiger partial charge in [0.2, 0.25) is 0 Å². The maximum Gasteiger partial charge on any atom is 0.251 e. The Morgan fingerprint density at radius 2 is 1.88 bits per heavy atom. The number of carbonyl (C=O) groups excluding carboxylic acids is 2. The lowest BCUT2D eigenvalue weighted by molar-refractivity contribution is -0.122. The number of benzene rings is 1. The maximum atomic E-state index is 11.8. The first kappa shape index (κ1) is 13.4. The number of aliphatic hydroxyl groups excluding tert-OH is 1. The normalized spacial score (nSPS) is 13.8. The van der Waals surface area contributed by atoms with Crippen molar-refractivity contribution >= 4 is 11.7 Å². The highest BCUT2D eigenvalue weighted by atomic mass is 16.3. The molecule has 1 amide bonds. The van der Waals surface area contributed by atoms with Crippen LogP contribution in [-0.2, 0) is 4.79 Å². The largest absolute Gasteiger partial charge is 0.391 e. The van der Waals surface area contributed by atoms with Crippen LogP contribution < -0.4 is 5.32 Å². The highest BCUT2D eigenvalue weighted by molar-refractivity contribution is 5.98. The molecule has 1 aromatic carbocycles. The van der Waals surface area contributed by atoms with Gasteiger partial charge in [0.1, 0.15) is 6.04 Å². The molecule has 1 rings (SSSR count). The highest BCUT2D eigenvalue weighted by Crippen LogP contribution is 2.03. The lowest BCUT2D eigenvalue weighted by atomic mass is 10.0. The summed E-state index contributed by atoms with van der Waals surface area (Å²) in [7, 11) is 0. The first-order valence-corrected chi connectivity index (χ1v) is 5.63. The second kappa shape index (κ2) is 6.15. The van der Waals surface area contributed by atoms with Crippen LogP contribution in [0.4, 0.5) is 0 Å². The molecule has 0 spiro atoms. The van der Waals surface area contributed by atoms with E-state index < -0.39 is 12.1 Å². The van der Waals surface area contributed by atoms with E-state index in [9.17, 15) is 14.7 Å². The Balaban J connectivity index is 2.75. The molecule has 0 fully saturated rings. The van der Waals surface area contributed by atoms with Gasteiger partial charge in [0, 0.05) is 12.0 Å². The number of aliphatic hydroxyl groups is 1. The number of amides is 1. The van der Waals surface area contributed by atoms with Crippen LogP contribution in [0.25, 0.3) is 0 Å². The summed E-state index contributed by atoms with van der Waals surface area (Å²) < 4.78 is 0. The van der Waals surface area contributed by atoms with Crippen molar-refractivity contribution in [2.45, 2.75) is 32.4 Å². The van der Waals surface area contributed by atoms with Gasteiger partial charge >= 0.3 is 0 Å². The highest BCUT2D eigenvalue weighted by Gasteiger charge is 2.24. The van der Waals surface area contributed by atoms with E-state index in [0.29, 0.717) is 5.56 Å². The summed E-state index contributed by atoms with van der Waals surface area (Å²) in [6.07, 6.45) is -0.611. The van der Waals surface area contributed by atoms with Crippen molar-refractivity contribution in [2.75, 3.05) is 0 Å².